The Hall–Kier alpha value is -2.30. The number of aromatic carboxylic acids is 1. The highest BCUT2D eigenvalue weighted by molar-refractivity contribution is 6.48. The zero-order chi connectivity index (χ0) is 19.6. The fourth-order valence-electron chi connectivity index (χ4n) is 4.63. The molecule has 1 aliphatic carbocycles. The Bertz CT molecular complexity index is 845. The molecule has 1 unspecified atom stereocenters. The van der Waals surface area contributed by atoms with Gasteiger partial charge in [-0.2, -0.15) is 0 Å². The number of primary amides is 1. The van der Waals surface area contributed by atoms with Gasteiger partial charge in [0.2, 0.25) is 5.91 Å². The number of carboxylic acid groups (broad SMARTS) is 1. The first-order valence-electron chi connectivity index (χ1n) is 9.60. The standard InChI is InChI=1S/C18H22BN3O6/c20-17(23)13-3-8(5-21-13)22-6-9(7-22)27-14-2-1-10-11-4-12(11)19(26)28-16(10)15(14)18(24)25/h1-2,8-9,11-13,21,26H,3-7H2,(H2,20,23)(H,24,25)/t8?,11-,12-,13-/m1/s1. The number of amides is 1. The second-order valence-electron chi connectivity index (χ2n) is 8.12. The molecular formula is C18H22BN3O6. The van der Waals surface area contributed by atoms with E-state index in [9.17, 15) is 19.7 Å². The third kappa shape index (κ3) is 2.83. The fraction of sp³-hybridized carbons (Fsp3) is 0.556. The summed E-state index contributed by atoms with van der Waals surface area (Å²) < 4.78 is 11.5. The lowest BCUT2D eigenvalue weighted by Crippen LogP contribution is -2.58. The molecule has 4 aliphatic rings. The minimum Gasteiger partial charge on any atom is -0.535 e. The third-order valence-electron chi connectivity index (χ3n) is 6.35. The minimum atomic E-state index is -1.13. The van der Waals surface area contributed by atoms with Crippen molar-refractivity contribution in [2.75, 3.05) is 19.6 Å². The van der Waals surface area contributed by atoms with Crippen LogP contribution in [0.3, 0.4) is 0 Å². The summed E-state index contributed by atoms with van der Waals surface area (Å²) in [5.41, 5.74) is 6.16. The highest BCUT2D eigenvalue weighted by atomic mass is 16.5. The van der Waals surface area contributed by atoms with Crippen LogP contribution in [0.25, 0.3) is 0 Å². The van der Waals surface area contributed by atoms with E-state index >= 15 is 0 Å². The lowest BCUT2D eigenvalue weighted by molar-refractivity contribution is -0.119. The highest BCUT2D eigenvalue weighted by Crippen LogP contribution is 2.60. The van der Waals surface area contributed by atoms with Crippen LogP contribution in [0.2, 0.25) is 5.82 Å². The van der Waals surface area contributed by atoms with Gasteiger partial charge in [0, 0.05) is 31.5 Å². The average molecular weight is 387 g/mol. The quantitative estimate of drug-likeness (QED) is 0.492. The molecule has 28 heavy (non-hydrogen) atoms. The molecule has 3 fully saturated rings. The molecular weight excluding hydrogens is 365 g/mol. The summed E-state index contributed by atoms with van der Waals surface area (Å²) in [5, 5.41) is 22.8. The first-order valence-corrected chi connectivity index (χ1v) is 9.60. The Labute approximate surface area is 161 Å². The van der Waals surface area contributed by atoms with E-state index in [0.29, 0.717) is 26.1 Å². The first kappa shape index (κ1) is 17.8. The van der Waals surface area contributed by atoms with E-state index in [1.165, 1.54) is 0 Å². The predicted molar refractivity (Wildman–Crippen MR) is 98.5 cm³/mol. The predicted octanol–water partition coefficient (Wildman–Crippen LogP) is -0.606. The molecule has 0 radical (unpaired) electrons. The van der Waals surface area contributed by atoms with Crippen LogP contribution in [0.1, 0.15) is 34.7 Å². The summed E-state index contributed by atoms with van der Waals surface area (Å²) in [4.78, 5) is 25.4. The van der Waals surface area contributed by atoms with Crippen molar-refractivity contribution < 1.29 is 29.1 Å². The molecule has 10 heteroatoms. The number of likely N-dealkylation sites (tertiary alicyclic amines) is 1. The molecule has 1 aromatic carbocycles. The van der Waals surface area contributed by atoms with E-state index in [-0.39, 0.29) is 52.9 Å². The number of ether oxygens (including phenoxy) is 1. The average Bonchev–Trinajstić information content (AvgIpc) is 3.27. The van der Waals surface area contributed by atoms with Gasteiger partial charge in [0.15, 0.2) is 0 Å². The third-order valence-corrected chi connectivity index (χ3v) is 6.35. The molecule has 5 rings (SSSR count). The maximum absolute atomic E-state index is 11.9. The van der Waals surface area contributed by atoms with E-state index in [0.717, 1.165) is 12.0 Å². The number of nitrogens with one attached hydrogen (secondary N) is 1. The Kier molecular flexibility index (Phi) is 4.04. The zero-order valence-electron chi connectivity index (χ0n) is 15.2. The summed E-state index contributed by atoms with van der Waals surface area (Å²) in [6.07, 6.45) is 1.36. The number of benzene rings is 1. The van der Waals surface area contributed by atoms with Gasteiger partial charge in [0.05, 0.1) is 6.04 Å². The van der Waals surface area contributed by atoms with Crippen molar-refractivity contribution in [3.63, 3.8) is 0 Å². The van der Waals surface area contributed by atoms with Crippen LogP contribution < -0.4 is 20.4 Å². The molecule has 3 aliphatic heterocycles. The van der Waals surface area contributed by atoms with Crippen LogP contribution >= 0.6 is 0 Å². The van der Waals surface area contributed by atoms with Crippen molar-refractivity contribution in [3.8, 4) is 11.5 Å². The second-order valence-corrected chi connectivity index (χ2v) is 8.12. The lowest BCUT2D eigenvalue weighted by atomic mass is 9.77. The van der Waals surface area contributed by atoms with E-state index in [4.69, 9.17) is 15.1 Å². The Balaban J connectivity index is 1.28. The Morgan fingerprint density at radius 1 is 1.32 bits per heavy atom. The first-order chi connectivity index (χ1) is 13.4. The summed E-state index contributed by atoms with van der Waals surface area (Å²) in [6, 6.07) is 3.48. The summed E-state index contributed by atoms with van der Waals surface area (Å²) >= 11 is 0. The van der Waals surface area contributed by atoms with Gasteiger partial charge in [-0.25, -0.2) is 4.79 Å². The van der Waals surface area contributed by atoms with Crippen molar-refractivity contribution >= 4 is 19.0 Å². The molecule has 0 bridgehead atoms. The van der Waals surface area contributed by atoms with Crippen LogP contribution in [0, 0.1) is 0 Å². The number of nitrogens with two attached hydrogens (primary N) is 1. The number of carboxylic acids is 1. The molecule has 1 aromatic rings. The van der Waals surface area contributed by atoms with Gasteiger partial charge in [-0.15, -0.1) is 0 Å². The van der Waals surface area contributed by atoms with E-state index in [1.807, 2.05) is 6.07 Å². The fourth-order valence-corrected chi connectivity index (χ4v) is 4.63. The van der Waals surface area contributed by atoms with E-state index in [2.05, 4.69) is 10.2 Å². The summed E-state index contributed by atoms with van der Waals surface area (Å²) in [7, 11) is -0.960. The van der Waals surface area contributed by atoms with Crippen molar-refractivity contribution in [2.24, 2.45) is 5.73 Å². The molecule has 1 saturated carbocycles. The number of hydrogen-bond acceptors (Lipinski definition) is 7. The maximum Gasteiger partial charge on any atom is 0.526 e. The van der Waals surface area contributed by atoms with Crippen LogP contribution in [0.15, 0.2) is 12.1 Å². The molecule has 2 saturated heterocycles. The number of carbonyl (C=O) groups is 2. The summed E-state index contributed by atoms with van der Waals surface area (Å²) in [6.45, 7) is 2.01. The molecule has 5 N–H and O–H groups in total. The lowest BCUT2D eigenvalue weighted by Gasteiger charge is -2.42. The van der Waals surface area contributed by atoms with Gasteiger partial charge in [-0.1, -0.05) is 6.07 Å². The molecule has 148 valence electrons. The minimum absolute atomic E-state index is 0.0170. The van der Waals surface area contributed by atoms with Gasteiger partial charge < -0.3 is 30.6 Å². The normalized spacial score (nSPS) is 31.4. The van der Waals surface area contributed by atoms with Crippen molar-refractivity contribution in [1.82, 2.24) is 10.2 Å². The highest BCUT2D eigenvalue weighted by Gasteiger charge is 2.54. The molecule has 4 atom stereocenters. The van der Waals surface area contributed by atoms with Crippen molar-refractivity contribution in [2.45, 2.75) is 42.8 Å². The van der Waals surface area contributed by atoms with Crippen LogP contribution in [-0.2, 0) is 4.79 Å². The number of hydrogen-bond donors (Lipinski definition) is 4. The second kappa shape index (κ2) is 6.36. The van der Waals surface area contributed by atoms with Crippen LogP contribution in [0.4, 0.5) is 0 Å². The summed E-state index contributed by atoms with van der Waals surface area (Å²) in [5.74, 6) is -0.739. The van der Waals surface area contributed by atoms with Gasteiger partial charge in [-0.3, -0.25) is 9.69 Å². The number of rotatable bonds is 5. The van der Waals surface area contributed by atoms with E-state index < -0.39 is 13.1 Å². The topological polar surface area (TPSA) is 134 Å². The van der Waals surface area contributed by atoms with Crippen LogP contribution in [-0.4, -0.2) is 71.8 Å². The SMILES string of the molecule is NC(=O)[C@H]1CC(N2CC(Oc3ccc4c(c3C(=O)O)OB(O)[C@@H]3C[C@H]43)C2)CN1. The van der Waals surface area contributed by atoms with Gasteiger partial charge in [0.1, 0.15) is 23.2 Å². The molecule has 0 spiro atoms. The molecule has 0 aromatic heterocycles. The van der Waals surface area contributed by atoms with Gasteiger partial charge in [-0.05, 0) is 30.4 Å². The molecule has 3 heterocycles. The number of nitrogens with zero attached hydrogens (tertiary/aromatic N) is 1. The van der Waals surface area contributed by atoms with Crippen molar-refractivity contribution in [1.29, 1.82) is 0 Å². The maximum atomic E-state index is 11.9. The monoisotopic (exact) mass is 387 g/mol. The zero-order valence-corrected chi connectivity index (χ0v) is 15.2. The Morgan fingerprint density at radius 3 is 2.79 bits per heavy atom. The largest absolute Gasteiger partial charge is 0.535 e. The molecule has 1 amide bonds. The van der Waals surface area contributed by atoms with E-state index in [1.54, 1.807) is 6.07 Å². The van der Waals surface area contributed by atoms with Gasteiger partial charge in [0.25, 0.3) is 0 Å². The van der Waals surface area contributed by atoms with Crippen LogP contribution in [0.5, 0.6) is 11.5 Å². The molecule has 9 nitrogen and oxygen atoms in total. The van der Waals surface area contributed by atoms with Gasteiger partial charge >= 0.3 is 13.1 Å². The van der Waals surface area contributed by atoms with Crippen molar-refractivity contribution in [3.05, 3.63) is 23.3 Å². The number of fused-ring (bicyclic) bond motifs is 3. The number of carbonyl (C=O) groups excluding carboxylic acids is 1. The smallest absolute Gasteiger partial charge is 0.526 e. The Morgan fingerprint density at radius 2 is 2.11 bits per heavy atom.